The SMILES string of the molecule is Cc1nc2ccc(NC(=O)Cn3c4ccccc4c(=O)c4ccccc43)cc2o1. The Hall–Kier alpha value is -3.93. The van der Waals surface area contributed by atoms with Gasteiger partial charge in [0.2, 0.25) is 5.91 Å². The van der Waals surface area contributed by atoms with Crippen molar-refractivity contribution in [1.29, 1.82) is 0 Å². The van der Waals surface area contributed by atoms with E-state index in [2.05, 4.69) is 10.3 Å². The number of hydrogen-bond donors (Lipinski definition) is 1. The third kappa shape index (κ3) is 2.95. The van der Waals surface area contributed by atoms with Crippen molar-refractivity contribution in [2.45, 2.75) is 13.5 Å². The van der Waals surface area contributed by atoms with Gasteiger partial charge in [-0.2, -0.15) is 0 Å². The van der Waals surface area contributed by atoms with Crippen molar-refractivity contribution in [3.8, 4) is 0 Å². The van der Waals surface area contributed by atoms with E-state index in [9.17, 15) is 9.59 Å². The highest BCUT2D eigenvalue weighted by Crippen LogP contribution is 2.21. The van der Waals surface area contributed by atoms with Gasteiger partial charge in [-0.25, -0.2) is 4.98 Å². The number of aryl methyl sites for hydroxylation is 1. The Kier molecular flexibility index (Phi) is 3.91. The summed E-state index contributed by atoms with van der Waals surface area (Å²) < 4.78 is 7.41. The first kappa shape index (κ1) is 17.2. The minimum atomic E-state index is -0.195. The van der Waals surface area contributed by atoms with Crippen LogP contribution in [0.2, 0.25) is 0 Å². The molecular weight excluding hydrogens is 366 g/mol. The van der Waals surface area contributed by atoms with Gasteiger partial charge in [-0.05, 0) is 36.4 Å². The second-order valence-electron chi connectivity index (χ2n) is 6.91. The number of para-hydroxylation sites is 2. The molecule has 1 N–H and O–H groups in total. The van der Waals surface area contributed by atoms with Crippen molar-refractivity contribution in [1.82, 2.24) is 9.55 Å². The molecule has 5 aromatic rings. The van der Waals surface area contributed by atoms with Crippen molar-refractivity contribution >= 4 is 44.5 Å². The average molecular weight is 383 g/mol. The van der Waals surface area contributed by atoms with Gasteiger partial charge in [0, 0.05) is 29.4 Å². The normalized spacial score (nSPS) is 11.3. The van der Waals surface area contributed by atoms with Crippen LogP contribution in [-0.4, -0.2) is 15.5 Å². The quantitative estimate of drug-likeness (QED) is 0.473. The fraction of sp³-hybridized carbons (Fsp3) is 0.0870. The van der Waals surface area contributed by atoms with E-state index in [1.54, 1.807) is 31.2 Å². The third-order valence-corrected chi connectivity index (χ3v) is 4.96. The van der Waals surface area contributed by atoms with E-state index in [-0.39, 0.29) is 17.9 Å². The molecule has 6 nitrogen and oxygen atoms in total. The summed E-state index contributed by atoms with van der Waals surface area (Å²) in [6, 6.07) is 20.1. The molecule has 0 fully saturated rings. The molecule has 142 valence electrons. The van der Waals surface area contributed by atoms with E-state index in [0.717, 1.165) is 16.6 Å². The maximum atomic E-state index is 12.8. The summed E-state index contributed by atoms with van der Waals surface area (Å²) in [6.07, 6.45) is 0. The van der Waals surface area contributed by atoms with Gasteiger partial charge in [-0.1, -0.05) is 24.3 Å². The lowest BCUT2D eigenvalue weighted by molar-refractivity contribution is -0.116. The average Bonchev–Trinajstić information content (AvgIpc) is 3.10. The number of carbonyl (C=O) groups is 1. The number of carbonyl (C=O) groups excluding carboxylic acids is 1. The molecule has 0 aliphatic heterocycles. The van der Waals surface area contributed by atoms with Crippen LogP contribution in [-0.2, 0) is 11.3 Å². The highest BCUT2D eigenvalue weighted by molar-refractivity contribution is 5.97. The fourth-order valence-electron chi connectivity index (χ4n) is 3.71. The van der Waals surface area contributed by atoms with Gasteiger partial charge in [0.05, 0.1) is 11.0 Å². The minimum absolute atomic E-state index is 0.0287. The van der Waals surface area contributed by atoms with Gasteiger partial charge < -0.3 is 14.3 Å². The first-order valence-electron chi connectivity index (χ1n) is 9.27. The number of hydrogen-bond acceptors (Lipinski definition) is 4. The van der Waals surface area contributed by atoms with Crippen LogP contribution in [0, 0.1) is 6.92 Å². The van der Waals surface area contributed by atoms with Gasteiger partial charge in [0.25, 0.3) is 0 Å². The Balaban J connectivity index is 1.55. The first-order chi connectivity index (χ1) is 14.1. The Morgan fingerprint density at radius 1 is 1.00 bits per heavy atom. The fourth-order valence-corrected chi connectivity index (χ4v) is 3.71. The van der Waals surface area contributed by atoms with Gasteiger partial charge >= 0.3 is 0 Å². The van der Waals surface area contributed by atoms with E-state index in [4.69, 9.17) is 4.42 Å². The Labute approximate surface area is 165 Å². The predicted octanol–water partition coefficient (Wildman–Crippen LogP) is 4.24. The number of amides is 1. The summed E-state index contributed by atoms with van der Waals surface area (Å²) in [5, 5.41) is 4.10. The number of pyridine rings is 1. The molecule has 2 heterocycles. The zero-order valence-electron chi connectivity index (χ0n) is 15.7. The highest BCUT2D eigenvalue weighted by Gasteiger charge is 2.13. The zero-order valence-corrected chi connectivity index (χ0v) is 15.7. The highest BCUT2D eigenvalue weighted by atomic mass is 16.3. The van der Waals surface area contributed by atoms with E-state index < -0.39 is 0 Å². The number of aromatic nitrogens is 2. The van der Waals surface area contributed by atoms with Crippen LogP contribution in [0.3, 0.4) is 0 Å². The molecule has 3 aromatic carbocycles. The monoisotopic (exact) mass is 383 g/mol. The molecule has 0 aliphatic carbocycles. The summed E-state index contributed by atoms with van der Waals surface area (Å²) in [6.45, 7) is 1.86. The lowest BCUT2D eigenvalue weighted by Crippen LogP contribution is -2.21. The third-order valence-electron chi connectivity index (χ3n) is 4.96. The summed E-state index contributed by atoms with van der Waals surface area (Å²) >= 11 is 0. The number of fused-ring (bicyclic) bond motifs is 3. The molecule has 0 atom stereocenters. The Morgan fingerprint density at radius 3 is 2.34 bits per heavy atom. The predicted molar refractivity (Wildman–Crippen MR) is 113 cm³/mol. The van der Waals surface area contributed by atoms with Crippen molar-refractivity contribution in [3.05, 3.63) is 82.8 Å². The Bertz CT molecular complexity index is 1400. The van der Waals surface area contributed by atoms with E-state index in [1.165, 1.54) is 0 Å². The standard InChI is InChI=1S/C23H17N3O3/c1-14-24-18-11-10-15(12-21(18)29-14)25-22(27)13-26-19-8-4-2-6-16(19)23(28)17-7-3-5-9-20(17)26/h2-12H,13H2,1H3,(H,25,27). The van der Waals surface area contributed by atoms with E-state index in [1.807, 2.05) is 47.0 Å². The summed E-state index contributed by atoms with van der Waals surface area (Å²) in [5.74, 6) is 0.384. The number of rotatable bonds is 3. The second-order valence-corrected chi connectivity index (χ2v) is 6.91. The van der Waals surface area contributed by atoms with Crippen LogP contribution in [0.15, 0.2) is 75.9 Å². The smallest absolute Gasteiger partial charge is 0.244 e. The molecule has 29 heavy (non-hydrogen) atoms. The molecule has 0 radical (unpaired) electrons. The largest absolute Gasteiger partial charge is 0.441 e. The molecular formula is C23H17N3O3. The summed E-state index contributed by atoms with van der Waals surface area (Å²) in [4.78, 5) is 29.9. The summed E-state index contributed by atoms with van der Waals surface area (Å²) in [5.41, 5.74) is 3.44. The summed E-state index contributed by atoms with van der Waals surface area (Å²) in [7, 11) is 0. The van der Waals surface area contributed by atoms with Crippen LogP contribution in [0.25, 0.3) is 32.9 Å². The van der Waals surface area contributed by atoms with Crippen molar-refractivity contribution < 1.29 is 9.21 Å². The molecule has 2 aromatic heterocycles. The van der Waals surface area contributed by atoms with Crippen molar-refractivity contribution in [2.24, 2.45) is 0 Å². The van der Waals surface area contributed by atoms with Crippen LogP contribution in [0.5, 0.6) is 0 Å². The van der Waals surface area contributed by atoms with Crippen LogP contribution < -0.4 is 10.7 Å². The molecule has 0 saturated carbocycles. The van der Waals surface area contributed by atoms with Crippen molar-refractivity contribution in [3.63, 3.8) is 0 Å². The van der Waals surface area contributed by atoms with Gasteiger partial charge in [0.15, 0.2) is 16.9 Å². The van der Waals surface area contributed by atoms with E-state index in [0.29, 0.717) is 27.9 Å². The number of anilines is 1. The topological polar surface area (TPSA) is 77.1 Å². The number of oxazole rings is 1. The molecule has 0 spiro atoms. The molecule has 6 heteroatoms. The minimum Gasteiger partial charge on any atom is -0.441 e. The molecule has 0 aliphatic rings. The van der Waals surface area contributed by atoms with Crippen LogP contribution in [0.1, 0.15) is 5.89 Å². The Morgan fingerprint density at radius 2 is 1.66 bits per heavy atom. The first-order valence-corrected chi connectivity index (χ1v) is 9.27. The lowest BCUT2D eigenvalue weighted by atomic mass is 10.1. The van der Waals surface area contributed by atoms with Gasteiger partial charge in [-0.15, -0.1) is 0 Å². The second kappa shape index (κ2) is 6.60. The number of nitrogens with one attached hydrogen (secondary N) is 1. The molecule has 0 saturated heterocycles. The van der Waals surface area contributed by atoms with Gasteiger partial charge in [-0.3, -0.25) is 9.59 Å². The lowest BCUT2D eigenvalue weighted by Gasteiger charge is -2.15. The van der Waals surface area contributed by atoms with Crippen LogP contribution >= 0.6 is 0 Å². The molecule has 1 amide bonds. The van der Waals surface area contributed by atoms with Crippen LogP contribution in [0.4, 0.5) is 5.69 Å². The zero-order chi connectivity index (χ0) is 20.0. The van der Waals surface area contributed by atoms with E-state index >= 15 is 0 Å². The number of benzene rings is 3. The van der Waals surface area contributed by atoms with Crippen molar-refractivity contribution in [2.75, 3.05) is 5.32 Å². The molecule has 0 unspecified atom stereocenters. The molecule has 0 bridgehead atoms. The van der Waals surface area contributed by atoms with Gasteiger partial charge in [0.1, 0.15) is 12.1 Å². The molecule has 5 rings (SSSR count). The maximum Gasteiger partial charge on any atom is 0.244 e. The maximum absolute atomic E-state index is 12.8. The number of nitrogens with zero attached hydrogens (tertiary/aromatic N) is 2.